The van der Waals surface area contributed by atoms with Gasteiger partial charge in [-0.15, -0.1) is 0 Å². The van der Waals surface area contributed by atoms with Gasteiger partial charge in [0.2, 0.25) is 0 Å². The fraction of sp³-hybridized carbons (Fsp3) is 0.475. The Morgan fingerprint density at radius 1 is 0.667 bits per heavy atom. The molecular formula is C40H51NO4. The summed E-state index contributed by atoms with van der Waals surface area (Å²) >= 11 is 0. The standard InChI is InChI=1S/C40H51NO4/c1-3-5-10-27-43-34-17-12-31(13-18-34)37-22-16-33-30-36(44-28-11-6-4-2)21-23-38(33)39(37)40(42)32-14-19-35(20-15-32)45-29-26-41-24-8-7-9-25-41/h12-15,17-21,23,30H,3-11,16,22,24-29H2,1-2H3. The summed E-state index contributed by atoms with van der Waals surface area (Å²) in [6.07, 6.45) is 12.4. The molecule has 0 N–H and O–H groups in total. The molecule has 1 aliphatic heterocycles. The Hall–Kier alpha value is -3.57. The molecule has 3 aromatic carbocycles. The van der Waals surface area contributed by atoms with Gasteiger partial charge in [0.1, 0.15) is 23.9 Å². The first-order valence-corrected chi connectivity index (χ1v) is 17.4. The van der Waals surface area contributed by atoms with Gasteiger partial charge in [-0.3, -0.25) is 9.69 Å². The van der Waals surface area contributed by atoms with E-state index in [-0.39, 0.29) is 5.78 Å². The van der Waals surface area contributed by atoms with Gasteiger partial charge in [0.25, 0.3) is 0 Å². The predicted octanol–water partition coefficient (Wildman–Crippen LogP) is 9.43. The number of carbonyl (C=O) groups is 1. The van der Waals surface area contributed by atoms with E-state index in [1.165, 1.54) is 50.5 Å². The number of rotatable bonds is 17. The van der Waals surface area contributed by atoms with E-state index in [4.69, 9.17) is 14.2 Å². The average Bonchev–Trinajstić information content (AvgIpc) is 3.09. The molecule has 1 aliphatic carbocycles. The van der Waals surface area contributed by atoms with E-state index >= 15 is 0 Å². The lowest BCUT2D eigenvalue weighted by atomic mass is 9.79. The first-order valence-electron chi connectivity index (χ1n) is 17.4. The van der Waals surface area contributed by atoms with Crippen LogP contribution in [0.4, 0.5) is 0 Å². The Labute approximate surface area is 270 Å². The zero-order valence-electron chi connectivity index (χ0n) is 27.5. The van der Waals surface area contributed by atoms with Crippen LogP contribution < -0.4 is 14.2 Å². The van der Waals surface area contributed by atoms with E-state index in [9.17, 15) is 4.79 Å². The van der Waals surface area contributed by atoms with Crippen molar-refractivity contribution in [3.63, 3.8) is 0 Å². The number of ether oxygens (including phenoxy) is 3. The highest BCUT2D eigenvalue weighted by Gasteiger charge is 2.27. The molecule has 0 atom stereocenters. The van der Waals surface area contributed by atoms with Crippen molar-refractivity contribution in [3.05, 3.63) is 89.0 Å². The van der Waals surface area contributed by atoms with Crippen LogP contribution in [0.2, 0.25) is 0 Å². The van der Waals surface area contributed by atoms with Crippen LogP contribution >= 0.6 is 0 Å². The molecule has 5 nitrogen and oxygen atoms in total. The van der Waals surface area contributed by atoms with E-state index in [0.717, 1.165) is 98.1 Å². The van der Waals surface area contributed by atoms with Crippen molar-refractivity contribution in [2.24, 2.45) is 0 Å². The first kappa shape index (κ1) is 32.8. The minimum atomic E-state index is 0.0438. The van der Waals surface area contributed by atoms with Gasteiger partial charge in [-0.1, -0.05) is 64.2 Å². The summed E-state index contributed by atoms with van der Waals surface area (Å²) in [6.45, 7) is 9.79. The molecule has 0 amide bonds. The van der Waals surface area contributed by atoms with E-state index in [2.05, 4.69) is 43.0 Å². The van der Waals surface area contributed by atoms with Crippen molar-refractivity contribution in [2.45, 2.75) is 84.5 Å². The van der Waals surface area contributed by atoms with Crippen LogP contribution in [0, 0.1) is 0 Å². The lowest BCUT2D eigenvalue weighted by molar-refractivity contribution is 0.105. The smallest absolute Gasteiger partial charge is 0.193 e. The SMILES string of the molecule is CCCCCOc1ccc(C2=C(C(=O)c3ccc(OCCN4CCCCC4)cc3)c3ccc(OCCCCC)cc3CC2)cc1. The number of unbranched alkanes of at least 4 members (excludes halogenated alkanes) is 4. The van der Waals surface area contributed by atoms with Crippen LogP contribution in [0.15, 0.2) is 66.7 Å². The number of ketones is 1. The highest BCUT2D eigenvalue weighted by atomic mass is 16.5. The zero-order chi connectivity index (χ0) is 31.3. The number of benzene rings is 3. The quantitative estimate of drug-likeness (QED) is 0.113. The molecule has 3 aromatic rings. The van der Waals surface area contributed by atoms with Gasteiger partial charge in [-0.05, 0) is 122 Å². The maximum atomic E-state index is 14.3. The van der Waals surface area contributed by atoms with Crippen LogP contribution in [-0.2, 0) is 6.42 Å². The second-order valence-electron chi connectivity index (χ2n) is 12.4. The summed E-state index contributed by atoms with van der Waals surface area (Å²) in [4.78, 5) is 16.8. The van der Waals surface area contributed by atoms with E-state index in [1.54, 1.807) is 0 Å². The van der Waals surface area contributed by atoms with Gasteiger partial charge in [0.15, 0.2) is 5.78 Å². The largest absolute Gasteiger partial charge is 0.494 e. The maximum Gasteiger partial charge on any atom is 0.193 e. The van der Waals surface area contributed by atoms with Crippen LogP contribution in [0.1, 0.15) is 105 Å². The summed E-state index contributed by atoms with van der Waals surface area (Å²) in [5, 5.41) is 0. The number of fused-ring (bicyclic) bond motifs is 1. The average molecular weight is 610 g/mol. The molecule has 45 heavy (non-hydrogen) atoms. The summed E-state index contributed by atoms with van der Waals surface area (Å²) in [5.41, 5.74) is 5.79. The number of likely N-dealkylation sites (tertiary alicyclic amines) is 1. The summed E-state index contributed by atoms with van der Waals surface area (Å²) < 4.78 is 18.1. The Morgan fingerprint density at radius 2 is 1.27 bits per heavy atom. The minimum Gasteiger partial charge on any atom is -0.494 e. The molecule has 240 valence electrons. The highest BCUT2D eigenvalue weighted by Crippen LogP contribution is 2.40. The molecule has 5 heteroatoms. The van der Waals surface area contributed by atoms with Crippen molar-refractivity contribution in [1.82, 2.24) is 4.90 Å². The molecule has 0 radical (unpaired) electrons. The maximum absolute atomic E-state index is 14.3. The molecule has 0 bridgehead atoms. The molecule has 2 aliphatic rings. The molecule has 0 saturated carbocycles. The molecule has 0 unspecified atom stereocenters. The molecule has 0 spiro atoms. The summed E-state index contributed by atoms with van der Waals surface area (Å²) in [7, 11) is 0. The fourth-order valence-corrected chi connectivity index (χ4v) is 6.36. The predicted molar refractivity (Wildman–Crippen MR) is 185 cm³/mol. The Kier molecular flexibility index (Phi) is 12.6. The van der Waals surface area contributed by atoms with Crippen LogP contribution in [-0.4, -0.2) is 50.1 Å². The number of allylic oxidation sites excluding steroid dienone is 2. The summed E-state index contributed by atoms with van der Waals surface area (Å²) in [5.74, 6) is 2.61. The molecule has 5 rings (SSSR count). The highest BCUT2D eigenvalue weighted by molar-refractivity contribution is 6.35. The third kappa shape index (κ3) is 9.23. The third-order valence-corrected chi connectivity index (χ3v) is 9.00. The van der Waals surface area contributed by atoms with Gasteiger partial charge >= 0.3 is 0 Å². The van der Waals surface area contributed by atoms with Gasteiger partial charge in [0.05, 0.1) is 13.2 Å². The van der Waals surface area contributed by atoms with E-state index in [0.29, 0.717) is 12.2 Å². The molecule has 1 heterocycles. The van der Waals surface area contributed by atoms with Crippen LogP contribution in [0.3, 0.4) is 0 Å². The van der Waals surface area contributed by atoms with Crippen molar-refractivity contribution < 1.29 is 19.0 Å². The number of hydrogen-bond acceptors (Lipinski definition) is 5. The van der Waals surface area contributed by atoms with E-state index in [1.807, 2.05) is 42.5 Å². The fourth-order valence-electron chi connectivity index (χ4n) is 6.36. The first-order chi connectivity index (χ1) is 22.2. The minimum absolute atomic E-state index is 0.0438. The zero-order valence-corrected chi connectivity index (χ0v) is 27.5. The Balaban J connectivity index is 1.36. The number of Topliss-reactive ketones (excluding diaryl/α,β-unsaturated/α-hetero) is 1. The van der Waals surface area contributed by atoms with Crippen molar-refractivity contribution in [2.75, 3.05) is 39.5 Å². The molecule has 1 saturated heterocycles. The van der Waals surface area contributed by atoms with Crippen molar-refractivity contribution in [1.29, 1.82) is 0 Å². The number of aryl methyl sites for hydroxylation is 1. The second-order valence-corrected chi connectivity index (χ2v) is 12.4. The third-order valence-electron chi connectivity index (χ3n) is 9.00. The van der Waals surface area contributed by atoms with Gasteiger partial charge in [0, 0.05) is 17.7 Å². The number of hydrogen-bond donors (Lipinski definition) is 0. The van der Waals surface area contributed by atoms with Gasteiger partial charge < -0.3 is 14.2 Å². The second kappa shape index (κ2) is 17.2. The molecular weight excluding hydrogens is 558 g/mol. The van der Waals surface area contributed by atoms with Gasteiger partial charge in [-0.25, -0.2) is 0 Å². The van der Waals surface area contributed by atoms with Crippen molar-refractivity contribution >= 4 is 16.9 Å². The molecule has 0 aromatic heterocycles. The lowest BCUT2D eigenvalue weighted by Crippen LogP contribution is -2.33. The van der Waals surface area contributed by atoms with Crippen LogP contribution in [0.5, 0.6) is 17.2 Å². The number of piperidine rings is 1. The topological polar surface area (TPSA) is 48.0 Å². The van der Waals surface area contributed by atoms with Gasteiger partial charge in [-0.2, -0.15) is 0 Å². The van der Waals surface area contributed by atoms with E-state index < -0.39 is 0 Å². The summed E-state index contributed by atoms with van der Waals surface area (Å²) in [6, 6.07) is 22.2. The lowest BCUT2D eigenvalue weighted by Gasteiger charge is -2.26. The number of carbonyl (C=O) groups excluding carboxylic acids is 1. The Bertz CT molecular complexity index is 1390. The molecule has 1 fully saturated rings. The number of nitrogens with zero attached hydrogens (tertiary/aromatic N) is 1. The Morgan fingerprint density at radius 3 is 1.93 bits per heavy atom. The monoisotopic (exact) mass is 609 g/mol. The van der Waals surface area contributed by atoms with Crippen molar-refractivity contribution in [3.8, 4) is 17.2 Å². The van der Waals surface area contributed by atoms with Crippen LogP contribution in [0.25, 0.3) is 11.1 Å². The normalized spacial score (nSPS) is 15.1.